The van der Waals surface area contributed by atoms with Crippen molar-refractivity contribution in [2.24, 2.45) is 5.73 Å². The highest BCUT2D eigenvalue weighted by molar-refractivity contribution is 6.33. The van der Waals surface area contributed by atoms with E-state index in [9.17, 15) is 8.78 Å². The summed E-state index contributed by atoms with van der Waals surface area (Å²) in [5, 5.41) is 0.138. The highest BCUT2D eigenvalue weighted by atomic mass is 35.5. The van der Waals surface area contributed by atoms with E-state index in [1.165, 1.54) is 0 Å². The molecule has 0 amide bonds. The van der Waals surface area contributed by atoms with Gasteiger partial charge in [0, 0.05) is 12.1 Å². The second-order valence-corrected chi connectivity index (χ2v) is 4.38. The monoisotopic (exact) mass is 283 g/mol. The lowest BCUT2D eigenvalue weighted by atomic mass is 9.99. The van der Waals surface area contributed by atoms with Crippen molar-refractivity contribution in [1.29, 1.82) is 0 Å². The van der Waals surface area contributed by atoms with E-state index in [4.69, 9.17) is 22.1 Å². The van der Waals surface area contributed by atoms with Crippen LogP contribution in [0.3, 0.4) is 0 Å². The van der Waals surface area contributed by atoms with Crippen molar-refractivity contribution in [2.45, 2.75) is 6.54 Å². The van der Waals surface area contributed by atoms with E-state index in [1.807, 2.05) is 0 Å². The third-order valence-electron chi connectivity index (χ3n) is 2.83. The quantitative estimate of drug-likeness (QED) is 0.871. The molecule has 5 heteroatoms. The maximum atomic E-state index is 13.3. The smallest absolute Gasteiger partial charge is 0.160 e. The lowest BCUT2D eigenvalue weighted by Gasteiger charge is -2.12. The van der Waals surface area contributed by atoms with Crippen LogP contribution in [0.25, 0.3) is 11.1 Å². The third-order valence-corrected chi connectivity index (χ3v) is 3.15. The van der Waals surface area contributed by atoms with Gasteiger partial charge in [0.2, 0.25) is 0 Å². The number of hydrogen-bond donors (Lipinski definition) is 1. The number of halogens is 3. The fourth-order valence-corrected chi connectivity index (χ4v) is 2.11. The van der Waals surface area contributed by atoms with Gasteiger partial charge in [-0.15, -0.1) is 0 Å². The predicted octanol–water partition coefficient (Wildman–Crippen LogP) is 3.75. The Bertz CT molecular complexity index is 617. The second kappa shape index (κ2) is 5.55. The Labute approximate surface area is 114 Å². The zero-order valence-electron chi connectivity index (χ0n) is 10.2. The number of benzene rings is 2. The Morgan fingerprint density at radius 3 is 2.42 bits per heavy atom. The SMILES string of the molecule is COc1ccc(-c2cc(F)c(F)cc2Cl)c(CN)c1. The molecule has 0 aliphatic rings. The molecule has 0 unspecified atom stereocenters. The van der Waals surface area contributed by atoms with Gasteiger partial charge in [0.1, 0.15) is 5.75 Å². The Hall–Kier alpha value is -1.65. The summed E-state index contributed by atoms with van der Waals surface area (Å²) in [6, 6.07) is 7.20. The van der Waals surface area contributed by atoms with E-state index in [-0.39, 0.29) is 11.6 Å². The molecule has 19 heavy (non-hydrogen) atoms. The summed E-state index contributed by atoms with van der Waals surface area (Å²) in [4.78, 5) is 0. The number of hydrogen-bond acceptors (Lipinski definition) is 2. The standard InChI is InChI=1S/C14H12ClF2NO/c1-19-9-2-3-10(8(4-9)7-18)11-5-13(16)14(17)6-12(11)15/h2-6H,7,18H2,1H3. The zero-order valence-corrected chi connectivity index (χ0v) is 11.0. The first-order valence-electron chi connectivity index (χ1n) is 5.58. The van der Waals surface area contributed by atoms with Crippen LogP contribution < -0.4 is 10.5 Å². The van der Waals surface area contributed by atoms with Crippen LogP contribution in [0.5, 0.6) is 5.75 Å². The van der Waals surface area contributed by atoms with Crippen molar-refractivity contribution >= 4 is 11.6 Å². The van der Waals surface area contributed by atoms with Gasteiger partial charge < -0.3 is 10.5 Å². The van der Waals surface area contributed by atoms with Gasteiger partial charge in [0.15, 0.2) is 11.6 Å². The average molecular weight is 284 g/mol. The summed E-state index contributed by atoms with van der Waals surface area (Å²) in [6.07, 6.45) is 0. The van der Waals surface area contributed by atoms with Crippen LogP contribution in [0.2, 0.25) is 5.02 Å². The maximum Gasteiger partial charge on any atom is 0.160 e. The molecule has 2 N–H and O–H groups in total. The summed E-state index contributed by atoms with van der Waals surface area (Å²) < 4.78 is 31.5. The number of nitrogens with two attached hydrogens (primary N) is 1. The molecule has 0 spiro atoms. The van der Waals surface area contributed by atoms with Crippen LogP contribution >= 0.6 is 11.6 Å². The predicted molar refractivity (Wildman–Crippen MR) is 71.2 cm³/mol. The van der Waals surface area contributed by atoms with Gasteiger partial charge in [-0.25, -0.2) is 8.78 Å². The normalized spacial score (nSPS) is 10.6. The lowest BCUT2D eigenvalue weighted by molar-refractivity contribution is 0.414. The summed E-state index contributed by atoms with van der Waals surface area (Å²) in [5.74, 6) is -1.28. The van der Waals surface area contributed by atoms with Crippen LogP contribution in [-0.2, 0) is 6.54 Å². The van der Waals surface area contributed by atoms with E-state index < -0.39 is 11.6 Å². The van der Waals surface area contributed by atoms with Crippen molar-refractivity contribution in [2.75, 3.05) is 7.11 Å². The van der Waals surface area contributed by atoms with Crippen LogP contribution in [0.15, 0.2) is 30.3 Å². The molecule has 0 fully saturated rings. The summed E-state index contributed by atoms with van der Waals surface area (Å²) in [5.41, 5.74) is 7.47. The first-order valence-corrected chi connectivity index (χ1v) is 5.96. The molecule has 0 radical (unpaired) electrons. The fourth-order valence-electron chi connectivity index (χ4n) is 1.86. The van der Waals surface area contributed by atoms with Crippen LogP contribution in [0.4, 0.5) is 8.78 Å². The topological polar surface area (TPSA) is 35.2 Å². The molecule has 2 rings (SSSR count). The molecule has 2 aromatic rings. The summed E-state index contributed by atoms with van der Waals surface area (Å²) >= 11 is 5.96. The number of methoxy groups -OCH3 is 1. The zero-order chi connectivity index (χ0) is 14.0. The molecular formula is C14H12ClF2NO. The van der Waals surface area contributed by atoms with Crippen LogP contribution in [0.1, 0.15) is 5.56 Å². The van der Waals surface area contributed by atoms with Gasteiger partial charge in [0.05, 0.1) is 12.1 Å². The van der Waals surface area contributed by atoms with E-state index in [2.05, 4.69) is 0 Å². The molecule has 0 heterocycles. The van der Waals surface area contributed by atoms with Crippen molar-refractivity contribution < 1.29 is 13.5 Å². The van der Waals surface area contributed by atoms with Gasteiger partial charge in [-0.1, -0.05) is 17.7 Å². The Morgan fingerprint density at radius 1 is 1.11 bits per heavy atom. The summed E-state index contributed by atoms with van der Waals surface area (Å²) in [6.45, 7) is 0.238. The molecule has 0 aromatic heterocycles. The summed E-state index contributed by atoms with van der Waals surface area (Å²) in [7, 11) is 1.54. The first kappa shape index (κ1) is 13.8. The van der Waals surface area contributed by atoms with E-state index >= 15 is 0 Å². The van der Waals surface area contributed by atoms with Crippen molar-refractivity contribution in [3.63, 3.8) is 0 Å². The first-order chi connectivity index (χ1) is 9.06. The minimum absolute atomic E-state index is 0.138. The molecule has 0 saturated heterocycles. The van der Waals surface area contributed by atoms with Crippen molar-refractivity contribution in [3.8, 4) is 16.9 Å². The Morgan fingerprint density at radius 2 is 1.79 bits per heavy atom. The molecule has 2 nitrogen and oxygen atoms in total. The van der Waals surface area contributed by atoms with Gasteiger partial charge in [-0.05, 0) is 35.4 Å². The molecule has 0 bridgehead atoms. The number of rotatable bonds is 3. The molecular weight excluding hydrogens is 272 g/mol. The van der Waals surface area contributed by atoms with Gasteiger partial charge in [-0.2, -0.15) is 0 Å². The Balaban J connectivity index is 2.61. The minimum Gasteiger partial charge on any atom is -0.497 e. The van der Waals surface area contributed by atoms with Crippen LogP contribution in [0, 0.1) is 11.6 Å². The van der Waals surface area contributed by atoms with E-state index in [0.29, 0.717) is 16.9 Å². The molecule has 0 atom stereocenters. The van der Waals surface area contributed by atoms with Crippen molar-refractivity contribution in [1.82, 2.24) is 0 Å². The largest absolute Gasteiger partial charge is 0.497 e. The van der Waals surface area contributed by atoms with Crippen LogP contribution in [-0.4, -0.2) is 7.11 Å². The minimum atomic E-state index is -0.975. The van der Waals surface area contributed by atoms with Crippen molar-refractivity contribution in [3.05, 3.63) is 52.6 Å². The molecule has 100 valence electrons. The Kier molecular flexibility index (Phi) is 4.02. The second-order valence-electron chi connectivity index (χ2n) is 3.97. The van der Waals surface area contributed by atoms with Gasteiger partial charge >= 0.3 is 0 Å². The molecule has 0 aliphatic heterocycles. The van der Waals surface area contributed by atoms with E-state index in [1.54, 1.807) is 25.3 Å². The highest BCUT2D eigenvalue weighted by Gasteiger charge is 2.13. The molecule has 0 saturated carbocycles. The fraction of sp³-hybridized carbons (Fsp3) is 0.143. The maximum absolute atomic E-state index is 13.3. The van der Waals surface area contributed by atoms with Gasteiger partial charge in [-0.3, -0.25) is 0 Å². The highest BCUT2D eigenvalue weighted by Crippen LogP contribution is 2.33. The third kappa shape index (κ3) is 2.69. The van der Waals surface area contributed by atoms with E-state index in [0.717, 1.165) is 17.7 Å². The molecule has 0 aliphatic carbocycles. The number of ether oxygens (including phenoxy) is 1. The average Bonchev–Trinajstić information content (AvgIpc) is 2.42. The molecule has 2 aromatic carbocycles. The van der Waals surface area contributed by atoms with Gasteiger partial charge in [0.25, 0.3) is 0 Å². The lowest BCUT2D eigenvalue weighted by Crippen LogP contribution is -2.00.